The molecular formula is C15H20N4O2S. The SMILES string of the molecule is Cc1nn(C)cc1S(=O)(=O)NCCN1CCc2ccccc21. The van der Waals surface area contributed by atoms with Crippen molar-refractivity contribution < 1.29 is 8.42 Å². The maximum atomic E-state index is 12.3. The molecule has 0 radical (unpaired) electrons. The molecule has 0 unspecified atom stereocenters. The summed E-state index contributed by atoms with van der Waals surface area (Å²) in [5, 5.41) is 4.08. The molecule has 1 N–H and O–H groups in total. The summed E-state index contributed by atoms with van der Waals surface area (Å²) in [5.74, 6) is 0. The van der Waals surface area contributed by atoms with E-state index in [-0.39, 0.29) is 4.90 Å². The van der Waals surface area contributed by atoms with Crippen LogP contribution in [0.4, 0.5) is 5.69 Å². The number of aromatic nitrogens is 2. The molecule has 0 saturated carbocycles. The predicted octanol–water partition coefficient (Wildman–Crippen LogP) is 1.07. The first-order valence-corrected chi connectivity index (χ1v) is 8.78. The molecule has 1 aromatic carbocycles. The number of hydrogen-bond donors (Lipinski definition) is 1. The summed E-state index contributed by atoms with van der Waals surface area (Å²) in [4.78, 5) is 2.46. The third-order valence-electron chi connectivity index (χ3n) is 3.92. The van der Waals surface area contributed by atoms with Gasteiger partial charge in [-0.25, -0.2) is 13.1 Å². The second-order valence-electron chi connectivity index (χ2n) is 5.52. The van der Waals surface area contributed by atoms with Crippen molar-refractivity contribution >= 4 is 15.7 Å². The van der Waals surface area contributed by atoms with Crippen LogP contribution in [0.15, 0.2) is 35.4 Å². The fourth-order valence-corrected chi connectivity index (χ4v) is 4.11. The Labute approximate surface area is 130 Å². The minimum atomic E-state index is -3.50. The number of nitrogens with zero attached hydrogens (tertiary/aromatic N) is 3. The Bertz CT molecular complexity index is 783. The van der Waals surface area contributed by atoms with Gasteiger partial charge >= 0.3 is 0 Å². The first kappa shape index (κ1) is 15.1. The lowest BCUT2D eigenvalue weighted by Crippen LogP contribution is -2.34. The summed E-state index contributed by atoms with van der Waals surface area (Å²) in [6, 6.07) is 8.26. The molecule has 0 aliphatic carbocycles. The van der Waals surface area contributed by atoms with Crippen LogP contribution in [-0.4, -0.2) is 37.8 Å². The van der Waals surface area contributed by atoms with Gasteiger partial charge in [0.1, 0.15) is 4.90 Å². The molecular weight excluding hydrogens is 300 g/mol. The maximum Gasteiger partial charge on any atom is 0.244 e. The van der Waals surface area contributed by atoms with Crippen molar-refractivity contribution in [3.8, 4) is 0 Å². The number of aryl methyl sites for hydroxylation is 2. The maximum absolute atomic E-state index is 12.3. The summed E-state index contributed by atoms with van der Waals surface area (Å²) in [5.41, 5.74) is 3.05. The van der Waals surface area contributed by atoms with Crippen molar-refractivity contribution in [1.29, 1.82) is 0 Å². The van der Waals surface area contributed by atoms with Crippen molar-refractivity contribution in [3.63, 3.8) is 0 Å². The summed E-state index contributed by atoms with van der Waals surface area (Å²) in [6.45, 7) is 3.68. The van der Waals surface area contributed by atoms with Gasteiger partial charge in [-0.2, -0.15) is 5.10 Å². The number of hydrogen-bond acceptors (Lipinski definition) is 4. The number of sulfonamides is 1. The van der Waals surface area contributed by atoms with Gasteiger partial charge in [0, 0.05) is 38.6 Å². The minimum absolute atomic E-state index is 0.247. The van der Waals surface area contributed by atoms with Crippen LogP contribution in [0.2, 0.25) is 0 Å². The second-order valence-corrected chi connectivity index (χ2v) is 7.25. The van der Waals surface area contributed by atoms with Crippen LogP contribution < -0.4 is 9.62 Å². The molecule has 0 bridgehead atoms. The van der Waals surface area contributed by atoms with Crippen LogP contribution >= 0.6 is 0 Å². The zero-order valence-electron chi connectivity index (χ0n) is 12.8. The van der Waals surface area contributed by atoms with Crippen molar-refractivity contribution in [2.75, 3.05) is 24.5 Å². The van der Waals surface area contributed by atoms with E-state index in [1.165, 1.54) is 22.1 Å². The van der Waals surface area contributed by atoms with Crippen LogP contribution in [0, 0.1) is 6.92 Å². The molecule has 1 aliphatic heterocycles. The summed E-state index contributed by atoms with van der Waals surface area (Å²) < 4.78 is 28.8. The highest BCUT2D eigenvalue weighted by Crippen LogP contribution is 2.26. The first-order chi connectivity index (χ1) is 10.5. The van der Waals surface area contributed by atoms with E-state index in [2.05, 4.69) is 26.9 Å². The quantitative estimate of drug-likeness (QED) is 0.895. The summed E-state index contributed by atoms with van der Waals surface area (Å²) in [6.07, 6.45) is 2.55. The molecule has 0 spiro atoms. The lowest BCUT2D eigenvalue weighted by atomic mass is 10.2. The Morgan fingerprint density at radius 3 is 2.82 bits per heavy atom. The highest BCUT2D eigenvalue weighted by molar-refractivity contribution is 7.89. The Hall–Kier alpha value is -1.86. The standard InChI is InChI=1S/C15H20N4O2S/c1-12-15(11-18(2)17-12)22(20,21)16-8-10-19-9-7-13-5-3-4-6-14(13)19/h3-6,11,16H,7-10H2,1-2H3. The van der Waals surface area contributed by atoms with Gasteiger partial charge in [0.25, 0.3) is 0 Å². The van der Waals surface area contributed by atoms with Gasteiger partial charge in [-0.1, -0.05) is 18.2 Å². The molecule has 0 saturated heterocycles. The Morgan fingerprint density at radius 2 is 2.09 bits per heavy atom. The molecule has 0 fully saturated rings. The number of rotatable bonds is 5. The van der Waals surface area contributed by atoms with Gasteiger partial charge in [-0.05, 0) is 25.0 Å². The lowest BCUT2D eigenvalue weighted by molar-refractivity contribution is 0.580. The molecule has 1 aliphatic rings. The summed E-state index contributed by atoms with van der Waals surface area (Å²) >= 11 is 0. The van der Waals surface area contributed by atoms with Crippen molar-refractivity contribution in [1.82, 2.24) is 14.5 Å². The molecule has 7 heteroatoms. The monoisotopic (exact) mass is 320 g/mol. The normalized spacial score (nSPS) is 14.4. The van der Waals surface area contributed by atoms with E-state index < -0.39 is 10.0 Å². The van der Waals surface area contributed by atoms with Crippen LogP contribution in [0.1, 0.15) is 11.3 Å². The molecule has 1 aromatic heterocycles. The van der Waals surface area contributed by atoms with E-state index in [0.717, 1.165) is 13.0 Å². The Balaban J connectivity index is 1.63. The van der Waals surface area contributed by atoms with E-state index in [0.29, 0.717) is 18.8 Å². The zero-order valence-corrected chi connectivity index (χ0v) is 13.6. The van der Waals surface area contributed by atoms with Crippen molar-refractivity contribution in [2.24, 2.45) is 7.05 Å². The highest BCUT2D eigenvalue weighted by atomic mass is 32.2. The largest absolute Gasteiger partial charge is 0.370 e. The average molecular weight is 320 g/mol. The van der Waals surface area contributed by atoms with E-state index in [1.54, 1.807) is 14.0 Å². The van der Waals surface area contributed by atoms with Crippen molar-refractivity contribution in [2.45, 2.75) is 18.2 Å². The predicted molar refractivity (Wildman–Crippen MR) is 85.5 cm³/mol. The second kappa shape index (κ2) is 5.73. The molecule has 6 nitrogen and oxygen atoms in total. The minimum Gasteiger partial charge on any atom is -0.370 e. The van der Waals surface area contributed by atoms with Gasteiger partial charge in [0.2, 0.25) is 10.0 Å². The van der Waals surface area contributed by atoms with Crippen LogP contribution in [0.3, 0.4) is 0 Å². The van der Waals surface area contributed by atoms with Crippen molar-refractivity contribution in [3.05, 3.63) is 41.7 Å². The third kappa shape index (κ3) is 2.86. The summed E-state index contributed by atoms with van der Waals surface area (Å²) in [7, 11) is -1.78. The zero-order chi connectivity index (χ0) is 15.7. The molecule has 2 heterocycles. The van der Waals surface area contributed by atoms with Crippen LogP contribution in [-0.2, 0) is 23.5 Å². The third-order valence-corrected chi connectivity index (χ3v) is 5.48. The molecule has 3 rings (SSSR count). The Morgan fingerprint density at radius 1 is 1.32 bits per heavy atom. The molecule has 0 atom stereocenters. The van der Waals surface area contributed by atoms with Gasteiger partial charge < -0.3 is 4.90 Å². The van der Waals surface area contributed by atoms with E-state index in [1.807, 2.05) is 12.1 Å². The molecule has 22 heavy (non-hydrogen) atoms. The van der Waals surface area contributed by atoms with E-state index >= 15 is 0 Å². The lowest BCUT2D eigenvalue weighted by Gasteiger charge is -2.19. The molecule has 118 valence electrons. The number of para-hydroxylation sites is 1. The number of nitrogens with one attached hydrogen (secondary N) is 1. The molecule has 2 aromatic rings. The smallest absolute Gasteiger partial charge is 0.244 e. The fourth-order valence-electron chi connectivity index (χ4n) is 2.87. The van der Waals surface area contributed by atoms with Crippen LogP contribution in [0.5, 0.6) is 0 Å². The van der Waals surface area contributed by atoms with Gasteiger partial charge in [-0.3, -0.25) is 4.68 Å². The highest BCUT2D eigenvalue weighted by Gasteiger charge is 2.21. The molecule has 0 amide bonds. The fraction of sp³-hybridized carbons (Fsp3) is 0.400. The number of fused-ring (bicyclic) bond motifs is 1. The van der Waals surface area contributed by atoms with E-state index in [4.69, 9.17) is 0 Å². The van der Waals surface area contributed by atoms with E-state index in [9.17, 15) is 8.42 Å². The Kier molecular flexibility index (Phi) is 3.92. The number of anilines is 1. The topological polar surface area (TPSA) is 67.2 Å². The average Bonchev–Trinajstić information content (AvgIpc) is 3.03. The van der Waals surface area contributed by atoms with Crippen LogP contribution in [0.25, 0.3) is 0 Å². The number of benzene rings is 1. The van der Waals surface area contributed by atoms with Gasteiger partial charge in [0.15, 0.2) is 0 Å². The van der Waals surface area contributed by atoms with Gasteiger partial charge in [-0.15, -0.1) is 0 Å². The first-order valence-electron chi connectivity index (χ1n) is 7.30. The van der Waals surface area contributed by atoms with Gasteiger partial charge in [0.05, 0.1) is 5.69 Å².